The Morgan fingerprint density at radius 1 is 1.41 bits per heavy atom. The Morgan fingerprint density at radius 3 is 2.82 bits per heavy atom. The number of ether oxygens (including phenoxy) is 1. The topological polar surface area (TPSA) is 88.1 Å². The maximum atomic E-state index is 11.5. The van der Waals surface area contributed by atoms with Gasteiger partial charge in [-0.25, -0.2) is 4.98 Å². The first-order valence-electron chi connectivity index (χ1n) is 4.62. The molecule has 0 aliphatic rings. The van der Waals surface area contributed by atoms with Gasteiger partial charge in [0.15, 0.2) is 5.82 Å². The molecular formula is C10H8IN3O3. The lowest BCUT2D eigenvalue weighted by Crippen LogP contribution is -2.12. The van der Waals surface area contributed by atoms with Crippen LogP contribution < -0.4 is 10.3 Å². The lowest BCUT2D eigenvalue weighted by molar-refractivity contribution is 0.398. The smallest absolute Gasteiger partial charge is 0.268 e. The van der Waals surface area contributed by atoms with Crippen LogP contribution in [0.15, 0.2) is 23.0 Å². The number of pyridine rings is 1. The number of nitrogens with zero attached hydrogens (tertiary/aromatic N) is 2. The van der Waals surface area contributed by atoms with E-state index in [9.17, 15) is 9.90 Å². The van der Waals surface area contributed by atoms with Crippen LogP contribution in [0.25, 0.3) is 11.5 Å². The van der Waals surface area contributed by atoms with Crippen molar-refractivity contribution >= 4 is 22.6 Å². The second kappa shape index (κ2) is 4.70. The van der Waals surface area contributed by atoms with Gasteiger partial charge in [-0.15, -0.1) is 0 Å². The number of aromatic nitrogens is 3. The number of rotatable bonds is 2. The standard InChI is InChI=1S/C10H8IN3O3/c1-17-6-4-2-3-5(12-6)8-13-9(15)7(11)10(16)14-8/h2-4H,1H3,(H2,13,14,15,16). The molecular weight excluding hydrogens is 337 g/mol. The fraction of sp³-hybridized carbons (Fsp3) is 0.100. The molecule has 0 bridgehead atoms. The average Bonchev–Trinajstić information content (AvgIpc) is 2.35. The number of aromatic amines is 1. The summed E-state index contributed by atoms with van der Waals surface area (Å²) in [5.74, 6) is 0.295. The zero-order chi connectivity index (χ0) is 12.4. The molecule has 2 aromatic heterocycles. The minimum atomic E-state index is -0.405. The van der Waals surface area contributed by atoms with Gasteiger partial charge in [-0.3, -0.25) is 4.79 Å². The lowest BCUT2D eigenvalue weighted by Gasteiger charge is -2.03. The van der Waals surface area contributed by atoms with Gasteiger partial charge >= 0.3 is 0 Å². The summed E-state index contributed by atoms with van der Waals surface area (Å²) in [4.78, 5) is 22.0. The number of hydrogen-bond donors (Lipinski definition) is 2. The van der Waals surface area contributed by atoms with Crippen LogP contribution in [0.1, 0.15) is 0 Å². The van der Waals surface area contributed by atoms with Crippen LogP contribution in [0.2, 0.25) is 0 Å². The van der Waals surface area contributed by atoms with Gasteiger partial charge in [0.25, 0.3) is 5.56 Å². The van der Waals surface area contributed by atoms with E-state index < -0.39 is 5.56 Å². The zero-order valence-electron chi connectivity index (χ0n) is 8.77. The molecule has 2 rings (SSSR count). The molecule has 0 fully saturated rings. The molecule has 2 aromatic rings. The quantitative estimate of drug-likeness (QED) is 0.798. The Kier molecular flexibility index (Phi) is 3.27. The number of halogens is 1. The highest BCUT2D eigenvalue weighted by atomic mass is 127. The highest BCUT2D eigenvalue weighted by molar-refractivity contribution is 14.1. The third-order valence-electron chi connectivity index (χ3n) is 2.02. The van der Waals surface area contributed by atoms with Gasteiger partial charge in [0.05, 0.1) is 7.11 Å². The maximum Gasteiger partial charge on any atom is 0.268 e. The van der Waals surface area contributed by atoms with E-state index in [4.69, 9.17) is 4.74 Å². The van der Waals surface area contributed by atoms with Gasteiger partial charge in [0.1, 0.15) is 9.26 Å². The predicted octanol–water partition coefficient (Wildman–Crippen LogP) is 1.15. The molecule has 0 aromatic carbocycles. The molecule has 0 saturated heterocycles. The predicted molar refractivity (Wildman–Crippen MR) is 69.0 cm³/mol. The first-order valence-corrected chi connectivity index (χ1v) is 5.70. The van der Waals surface area contributed by atoms with E-state index in [1.54, 1.807) is 40.8 Å². The van der Waals surface area contributed by atoms with Gasteiger partial charge in [-0.2, -0.15) is 4.98 Å². The molecule has 0 atom stereocenters. The summed E-state index contributed by atoms with van der Waals surface area (Å²) in [7, 11) is 1.49. The maximum absolute atomic E-state index is 11.5. The third-order valence-corrected chi connectivity index (χ3v) is 2.99. The summed E-state index contributed by atoms with van der Waals surface area (Å²) < 4.78 is 5.11. The van der Waals surface area contributed by atoms with Crippen LogP contribution in [0.5, 0.6) is 11.8 Å². The van der Waals surface area contributed by atoms with Gasteiger partial charge < -0.3 is 14.8 Å². The Labute approximate surface area is 110 Å². The minimum Gasteiger partial charge on any atom is -0.492 e. The molecule has 7 heteroatoms. The van der Waals surface area contributed by atoms with E-state index in [1.807, 2.05) is 0 Å². The number of nitrogens with one attached hydrogen (secondary N) is 1. The third kappa shape index (κ3) is 2.38. The monoisotopic (exact) mass is 345 g/mol. The largest absolute Gasteiger partial charge is 0.492 e. The second-order valence-corrected chi connectivity index (χ2v) is 4.20. The molecule has 0 spiro atoms. The van der Waals surface area contributed by atoms with Crippen molar-refractivity contribution in [3.8, 4) is 23.3 Å². The summed E-state index contributed by atoms with van der Waals surface area (Å²) in [5, 5.41) is 9.47. The number of hydrogen-bond acceptors (Lipinski definition) is 5. The zero-order valence-corrected chi connectivity index (χ0v) is 10.9. The molecule has 0 saturated carbocycles. The molecule has 0 radical (unpaired) electrons. The summed E-state index contributed by atoms with van der Waals surface area (Å²) in [6.45, 7) is 0. The number of H-pyrrole nitrogens is 1. The van der Waals surface area contributed by atoms with Crippen LogP contribution in [0.4, 0.5) is 0 Å². The molecule has 0 unspecified atom stereocenters. The summed E-state index contributed by atoms with van der Waals surface area (Å²) in [5.41, 5.74) is 0.0193. The van der Waals surface area contributed by atoms with Gasteiger partial charge in [0.2, 0.25) is 11.8 Å². The van der Waals surface area contributed by atoms with E-state index in [0.717, 1.165) is 0 Å². The van der Waals surface area contributed by atoms with Crippen molar-refractivity contribution in [3.63, 3.8) is 0 Å². The van der Waals surface area contributed by atoms with E-state index >= 15 is 0 Å². The van der Waals surface area contributed by atoms with Crippen molar-refractivity contribution in [2.24, 2.45) is 0 Å². The van der Waals surface area contributed by atoms with Crippen molar-refractivity contribution < 1.29 is 9.84 Å². The Hall–Kier alpha value is -1.64. The molecule has 0 aliphatic heterocycles. The fourth-order valence-electron chi connectivity index (χ4n) is 1.23. The van der Waals surface area contributed by atoms with Crippen molar-refractivity contribution in [1.29, 1.82) is 0 Å². The molecule has 88 valence electrons. The first kappa shape index (κ1) is 11.8. The van der Waals surface area contributed by atoms with E-state index in [1.165, 1.54) is 7.11 Å². The Morgan fingerprint density at radius 2 is 2.18 bits per heavy atom. The van der Waals surface area contributed by atoms with E-state index in [0.29, 0.717) is 11.6 Å². The fourth-order valence-corrected chi connectivity index (χ4v) is 1.48. The molecule has 6 nitrogen and oxygen atoms in total. The van der Waals surface area contributed by atoms with Gasteiger partial charge in [-0.05, 0) is 28.7 Å². The van der Waals surface area contributed by atoms with Gasteiger partial charge in [-0.1, -0.05) is 6.07 Å². The average molecular weight is 345 g/mol. The molecule has 0 amide bonds. The SMILES string of the molecule is COc1cccc(-c2nc(O)c(I)c(=O)[nH]2)n1. The Balaban J connectivity index is 2.56. The second-order valence-electron chi connectivity index (χ2n) is 3.12. The van der Waals surface area contributed by atoms with Crippen LogP contribution in [-0.2, 0) is 0 Å². The normalized spacial score (nSPS) is 10.2. The van der Waals surface area contributed by atoms with E-state index in [2.05, 4.69) is 15.0 Å². The van der Waals surface area contributed by atoms with Crippen LogP contribution >= 0.6 is 22.6 Å². The highest BCUT2D eigenvalue weighted by Crippen LogP contribution is 2.18. The molecule has 2 heterocycles. The first-order chi connectivity index (χ1) is 8.11. The highest BCUT2D eigenvalue weighted by Gasteiger charge is 2.10. The molecule has 17 heavy (non-hydrogen) atoms. The lowest BCUT2D eigenvalue weighted by atomic mass is 10.3. The van der Waals surface area contributed by atoms with E-state index in [-0.39, 0.29) is 15.3 Å². The molecule has 2 N–H and O–H groups in total. The minimum absolute atomic E-state index is 0.147. The van der Waals surface area contributed by atoms with Crippen molar-refractivity contribution in [3.05, 3.63) is 32.1 Å². The Bertz CT molecular complexity index is 612. The summed E-state index contributed by atoms with van der Waals surface area (Å²) in [6.07, 6.45) is 0. The van der Waals surface area contributed by atoms with Crippen molar-refractivity contribution in [2.75, 3.05) is 7.11 Å². The number of methoxy groups -OCH3 is 1. The van der Waals surface area contributed by atoms with Crippen molar-refractivity contribution in [2.45, 2.75) is 0 Å². The van der Waals surface area contributed by atoms with Gasteiger partial charge in [0, 0.05) is 6.07 Å². The van der Waals surface area contributed by atoms with Crippen LogP contribution in [-0.4, -0.2) is 27.2 Å². The molecule has 0 aliphatic carbocycles. The van der Waals surface area contributed by atoms with Crippen molar-refractivity contribution in [1.82, 2.24) is 15.0 Å². The number of aromatic hydroxyl groups is 1. The summed E-state index contributed by atoms with van der Waals surface area (Å²) in [6, 6.07) is 5.05. The van der Waals surface area contributed by atoms with Crippen LogP contribution in [0, 0.1) is 3.57 Å². The van der Waals surface area contributed by atoms with Crippen LogP contribution in [0.3, 0.4) is 0 Å². The summed E-state index contributed by atoms with van der Waals surface area (Å²) >= 11 is 1.72.